The zero-order valence-corrected chi connectivity index (χ0v) is 39.2. The number of phosphoric acid groups is 1. The third-order valence-corrected chi connectivity index (χ3v) is 10.5. The Hall–Kier alpha value is -2.62. The van der Waals surface area contributed by atoms with E-state index in [9.17, 15) is 19.4 Å². The van der Waals surface area contributed by atoms with Gasteiger partial charge in [-0.05, 0) is 89.9 Å². The van der Waals surface area contributed by atoms with Crippen LogP contribution in [0.1, 0.15) is 174 Å². The van der Waals surface area contributed by atoms with Gasteiger partial charge in [0.2, 0.25) is 0 Å². The molecule has 9 nitrogen and oxygen atoms in total. The second-order valence-corrected chi connectivity index (χ2v) is 16.8. The molecule has 10 heteroatoms. The summed E-state index contributed by atoms with van der Waals surface area (Å²) < 4.78 is 33.4. The molecule has 0 aliphatic carbocycles. The Labute approximate surface area is 372 Å². The highest BCUT2D eigenvalue weighted by Crippen LogP contribution is 2.43. The van der Waals surface area contributed by atoms with Crippen LogP contribution in [0.3, 0.4) is 0 Å². The van der Waals surface area contributed by atoms with Crippen LogP contribution >= 0.6 is 7.82 Å². The summed E-state index contributed by atoms with van der Waals surface area (Å²) in [6.45, 7) is 3.29. The summed E-state index contributed by atoms with van der Waals surface area (Å²) in [6.07, 6.45) is 59.5. The molecule has 0 spiro atoms. The Morgan fingerprint density at radius 1 is 0.525 bits per heavy atom. The molecule has 0 radical (unpaired) electrons. The molecular formula is C51H87O9P. The van der Waals surface area contributed by atoms with Gasteiger partial charge in [-0.3, -0.25) is 13.8 Å². The van der Waals surface area contributed by atoms with Crippen molar-refractivity contribution in [1.82, 2.24) is 0 Å². The molecule has 0 aromatic heterocycles. The number of ether oxygens (including phenoxy) is 2. The summed E-state index contributed by atoms with van der Waals surface area (Å²) in [5, 5.41) is 18.4. The monoisotopic (exact) mass is 875 g/mol. The van der Waals surface area contributed by atoms with Crippen molar-refractivity contribution in [3.8, 4) is 0 Å². The minimum atomic E-state index is -4.54. The fourth-order valence-corrected chi connectivity index (χ4v) is 6.72. The lowest BCUT2D eigenvalue weighted by Gasteiger charge is -2.20. The molecule has 3 unspecified atom stereocenters. The van der Waals surface area contributed by atoms with Crippen molar-refractivity contribution in [2.45, 2.75) is 187 Å². The van der Waals surface area contributed by atoms with Gasteiger partial charge in [-0.25, -0.2) is 4.57 Å². The van der Waals surface area contributed by atoms with E-state index in [2.05, 4.69) is 105 Å². The maximum absolute atomic E-state index is 12.6. The second kappa shape index (κ2) is 46.9. The van der Waals surface area contributed by atoms with Crippen LogP contribution in [0.4, 0.5) is 0 Å². The molecule has 3 atom stereocenters. The SMILES string of the molecule is CC/C=C\C/C=C\C/C=C\C/C=C\C/C=C\C/C=C\C/C=C\CCCC(=O)OC(COCCCCCCCC/C=C\CCCCCCCCC)COP(=O)(O)OCC(O)CO. The number of unbranched alkanes of at least 4 members (excludes halogenated alkanes) is 14. The molecule has 0 aliphatic heterocycles. The highest BCUT2D eigenvalue weighted by Gasteiger charge is 2.26. The standard InChI is InChI=1S/C51H87O9P/c1-3-5-7-9-11-13-15-17-19-21-22-23-24-25-26-27-29-31-33-35-37-39-41-43-51(54)60-50(48-59-61(55,56)58-46-49(53)45-52)47-57-44-42-40-38-36-34-32-30-28-20-18-16-14-12-10-8-6-4-2/h5,7,11,13,17,19-20,22-23,25-26,28-29,31,35,37,49-50,52-53H,3-4,6,8-10,12,14-16,18,21,24,27,30,32-34,36,38-48H2,1-2H3,(H,55,56)/b7-5-,13-11-,19-17-,23-22-,26-25-,28-20-,31-29-,37-35-. The van der Waals surface area contributed by atoms with E-state index < -0.39 is 45.8 Å². The van der Waals surface area contributed by atoms with Gasteiger partial charge in [0.25, 0.3) is 0 Å². The normalized spacial score (nSPS) is 14.8. The van der Waals surface area contributed by atoms with E-state index in [-0.39, 0.29) is 13.0 Å². The average Bonchev–Trinajstić information content (AvgIpc) is 3.25. The van der Waals surface area contributed by atoms with E-state index in [4.69, 9.17) is 23.6 Å². The van der Waals surface area contributed by atoms with E-state index in [0.29, 0.717) is 13.0 Å². The smallest absolute Gasteiger partial charge is 0.457 e. The first-order chi connectivity index (χ1) is 29.8. The highest BCUT2D eigenvalue weighted by molar-refractivity contribution is 7.47. The summed E-state index contributed by atoms with van der Waals surface area (Å²) in [4.78, 5) is 22.6. The molecule has 0 aromatic rings. The quantitative estimate of drug-likeness (QED) is 0.0237. The maximum Gasteiger partial charge on any atom is 0.472 e. The van der Waals surface area contributed by atoms with E-state index in [1.165, 1.54) is 70.6 Å². The predicted octanol–water partition coefficient (Wildman–Crippen LogP) is 13.6. The van der Waals surface area contributed by atoms with Gasteiger partial charge >= 0.3 is 13.8 Å². The Balaban J connectivity index is 4.28. The lowest BCUT2D eigenvalue weighted by Crippen LogP contribution is -2.29. The highest BCUT2D eigenvalue weighted by atomic mass is 31.2. The van der Waals surface area contributed by atoms with Gasteiger partial charge in [-0.2, -0.15) is 0 Å². The lowest BCUT2D eigenvalue weighted by molar-refractivity contribution is -0.154. The van der Waals surface area contributed by atoms with Gasteiger partial charge in [-0.1, -0.05) is 175 Å². The van der Waals surface area contributed by atoms with Crippen molar-refractivity contribution >= 4 is 13.8 Å². The van der Waals surface area contributed by atoms with Gasteiger partial charge in [0.15, 0.2) is 0 Å². The number of allylic oxidation sites excluding steroid dienone is 16. The van der Waals surface area contributed by atoms with Crippen LogP contribution in [0, 0.1) is 0 Å². The third kappa shape index (κ3) is 46.7. The minimum absolute atomic E-state index is 0.0159. The maximum atomic E-state index is 12.6. The average molecular weight is 875 g/mol. The van der Waals surface area contributed by atoms with E-state index in [0.717, 1.165) is 77.0 Å². The molecule has 0 saturated carbocycles. The van der Waals surface area contributed by atoms with Crippen LogP contribution < -0.4 is 0 Å². The molecule has 61 heavy (non-hydrogen) atoms. The van der Waals surface area contributed by atoms with Crippen molar-refractivity contribution in [3.63, 3.8) is 0 Å². The molecule has 0 heterocycles. The number of carbonyl (C=O) groups is 1. The van der Waals surface area contributed by atoms with Crippen molar-refractivity contribution in [2.24, 2.45) is 0 Å². The molecule has 350 valence electrons. The number of rotatable bonds is 44. The van der Waals surface area contributed by atoms with Gasteiger partial charge in [0.05, 0.1) is 26.4 Å². The number of aliphatic hydroxyl groups excluding tert-OH is 2. The van der Waals surface area contributed by atoms with Gasteiger partial charge in [0.1, 0.15) is 12.2 Å². The van der Waals surface area contributed by atoms with Crippen molar-refractivity contribution in [2.75, 3.05) is 33.0 Å². The Bertz CT molecular complexity index is 1270. The Morgan fingerprint density at radius 2 is 0.934 bits per heavy atom. The molecule has 3 N–H and O–H groups in total. The summed E-state index contributed by atoms with van der Waals surface area (Å²) >= 11 is 0. The van der Waals surface area contributed by atoms with Crippen molar-refractivity contribution < 1.29 is 43.0 Å². The van der Waals surface area contributed by atoms with Gasteiger partial charge in [0, 0.05) is 13.0 Å². The number of phosphoric ester groups is 1. The number of carbonyl (C=O) groups excluding carboxylic acids is 1. The van der Waals surface area contributed by atoms with Crippen LogP contribution in [-0.4, -0.2) is 66.3 Å². The predicted molar refractivity (Wildman–Crippen MR) is 255 cm³/mol. The first-order valence-electron chi connectivity index (χ1n) is 23.7. The fourth-order valence-electron chi connectivity index (χ4n) is 5.93. The molecule has 0 aromatic carbocycles. The molecule has 0 amide bonds. The van der Waals surface area contributed by atoms with E-state index in [1.807, 2.05) is 6.08 Å². The summed E-state index contributed by atoms with van der Waals surface area (Å²) in [5.74, 6) is -0.445. The van der Waals surface area contributed by atoms with E-state index in [1.54, 1.807) is 0 Å². The van der Waals surface area contributed by atoms with Crippen LogP contribution in [0.5, 0.6) is 0 Å². The largest absolute Gasteiger partial charge is 0.472 e. The molecule has 0 fully saturated rings. The van der Waals surface area contributed by atoms with E-state index >= 15 is 0 Å². The van der Waals surface area contributed by atoms with Crippen LogP contribution in [0.2, 0.25) is 0 Å². The first-order valence-corrected chi connectivity index (χ1v) is 25.2. The zero-order chi connectivity index (χ0) is 44.6. The van der Waals surface area contributed by atoms with Gasteiger partial charge in [-0.15, -0.1) is 0 Å². The zero-order valence-electron chi connectivity index (χ0n) is 38.3. The molecule has 0 saturated heterocycles. The summed E-state index contributed by atoms with van der Waals surface area (Å²) in [6, 6.07) is 0. The molecular weight excluding hydrogens is 788 g/mol. The lowest BCUT2D eigenvalue weighted by atomic mass is 10.1. The number of hydrogen-bond donors (Lipinski definition) is 3. The van der Waals surface area contributed by atoms with Crippen LogP contribution in [0.25, 0.3) is 0 Å². The van der Waals surface area contributed by atoms with Crippen molar-refractivity contribution in [1.29, 1.82) is 0 Å². The third-order valence-electron chi connectivity index (χ3n) is 9.50. The molecule has 0 bridgehead atoms. The Kier molecular flexibility index (Phi) is 44.9. The summed E-state index contributed by atoms with van der Waals surface area (Å²) in [7, 11) is -4.54. The number of hydrogen-bond acceptors (Lipinski definition) is 8. The van der Waals surface area contributed by atoms with Crippen LogP contribution in [0.15, 0.2) is 97.2 Å². The number of aliphatic hydroxyl groups is 2. The molecule has 0 aliphatic rings. The Morgan fingerprint density at radius 3 is 1.43 bits per heavy atom. The minimum Gasteiger partial charge on any atom is -0.457 e. The van der Waals surface area contributed by atoms with Crippen LogP contribution in [-0.2, 0) is 27.9 Å². The fraction of sp³-hybridized carbons (Fsp3) is 0.667. The summed E-state index contributed by atoms with van der Waals surface area (Å²) in [5.41, 5.74) is 0. The number of esters is 1. The molecule has 0 rings (SSSR count). The first kappa shape index (κ1) is 58.4. The van der Waals surface area contributed by atoms with Gasteiger partial charge < -0.3 is 24.6 Å². The topological polar surface area (TPSA) is 132 Å². The second-order valence-electron chi connectivity index (χ2n) is 15.4. The van der Waals surface area contributed by atoms with Crippen molar-refractivity contribution in [3.05, 3.63) is 97.2 Å².